The van der Waals surface area contributed by atoms with Crippen molar-refractivity contribution in [1.29, 1.82) is 0 Å². The molecule has 0 spiro atoms. The maximum atomic E-state index is 11.8. The van der Waals surface area contributed by atoms with Crippen molar-refractivity contribution >= 4 is 13.5 Å². The van der Waals surface area contributed by atoms with Gasteiger partial charge in [0.2, 0.25) is 6.41 Å². The van der Waals surface area contributed by atoms with Crippen LogP contribution in [0.4, 0.5) is 0 Å². The minimum Gasteiger partial charge on any atom is -0.493 e. The van der Waals surface area contributed by atoms with E-state index < -0.39 is 13.1 Å². The van der Waals surface area contributed by atoms with Gasteiger partial charge >= 0.3 is 7.12 Å². The zero-order chi connectivity index (χ0) is 16.7. The molecule has 2 N–H and O–H groups in total. The minimum absolute atomic E-state index is 0.0218. The molecule has 0 aliphatic carbocycles. The molecule has 0 radical (unpaired) electrons. The SMILES string of the molecule is O=CN([C@H](C[C@H]1COc2ccccc21)B(O)O)[C@@H]1C[C@H]2CC[C@@H]1O2. The first kappa shape index (κ1) is 15.9. The lowest BCUT2D eigenvalue weighted by atomic mass is 9.71. The fourth-order valence-corrected chi connectivity index (χ4v) is 4.44. The van der Waals surface area contributed by atoms with E-state index in [1.165, 1.54) is 0 Å². The summed E-state index contributed by atoms with van der Waals surface area (Å²) in [6.45, 7) is 0.502. The Morgan fingerprint density at radius 2 is 2.17 bits per heavy atom. The topological polar surface area (TPSA) is 79.2 Å². The zero-order valence-electron chi connectivity index (χ0n) is 13.5. The highest BCUT2D eigenvalue weighted by molar-refractivity contribution is 6.43. The molecule has 2 saturated heterocycles. The molecule has 128 valence electrons. The predicted molar refractivity (Wildman–Crippen MR) is 87.5 cm³/mol. The third kappa shape index (κ3) is 2.70. The predicted octanol–water partition coefficient (Wildman–Crippen LogP) is 0.712. The van der Waals surface area contributed by atoms with Crippen molar-refractivity contribution in [3.8, 4) is 5.75 Å². The van der Waals surface area contributed by atoms with Crippen LogP contribution in [0, 0.1) is 0 Å². The van der Waals surface area contributed by atoms with Gasteiger partial charge in [0.15, 0.2) is 0 Å². The molecule has 3 aliphatic rings. The van der Waals surface area contributed by atoms with Crippen LogP contribution >= 0.6 is 0 Å². The van der Waals surface area contributed by atoms with E-state index in [0.29, 0.717) is 13.0 Å². The number of para-hydroxylation sites is 1. The molecule has 6 nitrogen and oxygen atoms in total. The Balaban J connectivity index is 1.53. The number of hydrogen-bond acceptors (Lipinski definition) is 5. The molecule has 3 heterocycles. The number of rotatable bonds is 6. The van der Waals surface area contributed by atoms with Crippen LogP contribution < -0.4 is 4.74 Å². The van der Waals surface area contributed by atoms with Crippen molar-refractivity contribution in [1.82, 2.24) is 4.90 Å². The lowest BCUT2D eigenvalue weighted by molar-refractivity contribution is -0.123. The van der Waals surface area contributed by atoms with E-state index in [2.05, 4.69) is 0 Å². The first-order valence-electron chi connectivity index (χ1n) is 8.63. The van der Waals surface area contributed by atoms with Gasteiger partial charge in [-0.3, -0.25) is 4.79 Å². The number of ether oxygens (including phenoxy) is 2. The largest absolute Gasteiger partial charge is 0.493 e. The fourth-order valence-electron chi connectivity index (χ4n) is 4.44. The van der Waals surface area contributed by atoms with Crippen molar-refractivity contribution in [3.05, 3.63) is 29.8 Å². The molecule has 24 heavy (non-hydrogen) atoms. The molecule has 5 atom stereocenters. The maximum Gasteiger partial charge on any atom is 0.475 e. The van der Waals surface area contributed by atoms with Gasteiger partial charge in [-0.15, -0.1) is 0 Å². The zero-order valence-corrected chi connectivity index (χ0v) is 13.5. The van der Waals surface area contributed by atoms with Crippen LogP contribution in [-0.2, 0) is 9.53 Å². The highest BCUT2D eigenvalue weighted by Crippen LogP contribution is 2.40. The van der Waals surface area contributed by atoms with Gasteiger partial charge < -0.3 is 24.4 Å². The standard InChI is InChI=1S/C17H22BNO5/c20-10-19(14-8-12-5-6-16(14)24-12)17(18(21)22)7-11-9-23-15-4-2-1-3-13(11)15/h1-4,10-12,14,16-17,21-22H,5-9H2/t11-,12+,14+,16-,17+/m0/s1. The van der Waals surface area contributed by atoms with E-state index in [4.69, 9.17) is 9.47 Å². The number of nitrogens with zero attached hydrogens (tertiary/aromatic N) is 1. The van der Waals surface area contributed by atoms with Gasteiger partial charge in [-0.2, -0.15) is 0 Å². The molecule has 1 aromatic carbocycles. The number of amides is 1. The van der Waals surface area contributed by atoms with Gasteiger partial charge in [0, 0.05) is 11.5 Å². The van der Waals surface area contributed by atoms with E-state index in [0.717, 1.165) is 37.0 Å². The average molecular weight is 331 g/mol. The van der Waals surface area contributed by atoms with E-state index in [-0.39, 0.29) is 24.2 Å². The van der Waals surface area contributed by atoms with Crippen LogP contribution in [0.25, 0.3) is 0 Å². The van der Waals surface area contributed by atoms with Crippen molar-refractivity contribution in [3.63, 3.8) is 0 Å². The summed E-state index contributed by atoms with van der Waals surface area (Å²) in [6.07, 6.45) is 4.18. The van der Waals surface area contributed by atoms with E-state index in [1.54, 1.807) is 4.90 Å². The van der Waals surface area contributed by atoms with Gasteiger partial charge in [0.1, 0.15) is 5.75 Å². The average Bonchev–Trinajstić information content (AvgIpc) is 3.30. The van der Waals surface area contributed by atoms with Gasteiger partial charge in [0.05, 0.1) is 30.8 Å². The summed E-state index contributed by atoms with van der Waals surface area (Å²) in [6, 6.07) is 7.72. The van der Waals surface area contributed by atoms with Gasteiger partial charge in [-0.05, 0) is 31.7 Å². The van der Waals surface area contributed by atoms with E-state index in [1.807, 2.05) is 24.3 Å². The Kier molecular flexibility index (Phi) is 4.24. The highest BCUT2D eigenvalue weighted by atomic mass is 16.5. The summed E-state index contributed by atoms with van der Waals surface area (Å²) in [5, 5.41) is 19.9. The van der Waals surface area contributed by atoms with Crippen molar-refractivity contribution < 1.29 is 24.3 Å². The second-order valence-electron chi connectivity index (χ2n) is 6.99. The Bertz CT molecular complexity index is 612. The molecule has 2 fully saturated rings. The summed E-state index contributed by atoms with van der Waals surface area (Å²) >= 11 is 0. The lowest BCUT2D eigenvalue weighted by Crippen LogP contribution is -2.54. The lowest BCUT2D eigenvalue weighted by Gasteiger charge is -2.36. The molecule has 4 rings (SSSR count). The van der Waals surface area contributed by atoms with Crippen molar-refractivity contribution in [2.45, 2.75) is 55.8 Å². The summed E-state index contributed by atoms with van der Waals surface area (Å²) in [4.78, 5) is 13.3. The Morgan fingerprint density at radius 1 is 1.33 bits per heavy atom. The summed E-state index contributed by atoms with van der Waals surface area (Å²) in [7, 11) is -1.58. The molecule has 0 saturated carbocycles. The number of fused-ring (bicyclic) bond motifs is 3. The summed E-state index contributed by atoms with van der Waals surface area (Å²) in [5.74, 6) is 0.236. The normalized spacial score (nSPS) is 31.4. The third-order valence-electron chi connectivity index (χ3n) is 5.63. The van der Waals surface area contributed by atoms with E-state index >= 15 is 0 Å². The van der Waals surface area contributed by atoms with Crippen LogP contribution in [0.3, 0.4) is 0 Å². The van der Waals surface area contributed by atoms with Crippen LogP contribution in [0.1, 0.15) is 37.2 Å². The van der Waals surface area contributed by atoms with Crippen molar-refractivity contribution in [2.75, 3.05) is 6.61 Å². The summed E-state index contributed by atoms with van der Waals surface area (Å²) < 4.78 is 11.5. The molecule has 3 aliphatic heterocycles. The minimum atomic E-state index is -1.58. The first-order valence-corrected chi connectivity index (χ1v) is 8.63. The van der Waals surface area contributed by atoms with E-state index in [9.17, 15) is 14.8 Å². The molecule has 0 unspecified atom stereocenters. The van der Waals surface area contributed by atoms with Crippen LogP contribution in [0.2, 0.25) is 0 Å². The maximum absolute atomic E-state index is 11.8. The molecule has 2 bridgehead atoms. The molecular weight excluding hydrogens is 309 g/mol. The molecule has 7 heteroatoms. The van der Waals surface area contributed by atoms with Gasteiger partial charge in [-0.1, -0.05) is 18.2 Å². The Hall–Kier alpha value is -1.57. The smallest absolute Gasteiger partial charge is 0.475 e. The first-order chi connectivity index (χ1) is 11.7. The molecule has 0 aromatic heterocycles. The number of carbonyl (C=O) groups is 1. The highest BCUT2D eigenvalue weighted by Gasteiger charge is 2.47. The molecular formula is C17H22BNO5. The van der Waals surface area contributed by atoms with Crippen LogP contribution in [0.15, 0.2) is 24.3 Å². The van der Waals surface area contributed by atoms with Crippen LogP contribution in [-0.4, -0.2) is 59.3 Å². The van der Waals surface area contributed by atoms with Gasteiger partial charge in [-0.25, -0.2) is 0 Å². The third-order valence-corrected chi connectivity index (χ3v) is 5.63. The second kappa shape index (κ2) is 6.39. The van der Waals surface area contributed by atoms with Crippen molar-refractivity contribution in [2.24, 2.45) is 0 Å². The Morgan fingerprint density at radius 3 is 2.83 bits per heavy atom. The molecule has 1 amide bonds. The fraction of sp³-hybridized carbons (Fsp3) is 0.588. The Labute approximate surface area is 141 Å². The monoisotopic (exact) mass is 331 g/mol. The van der Waals surface area contributed by atoms with Gasteiger partial charge in [0.25, 0.3) is 0 Å². The summed E-state index contributed by atoms with van der Waals surface area (Å²) in [5.41, 5.74) is 1.07. The number of hydrogen-bond donors (Lipinski definition) is 2. The quantitative estimate of drug-likeness (QED) is 0.593. The second-order valence-corrected chi connectivity index (χ2v) is 6.99. The van der Waals surface area contributed by atoms with Crippen LogP contribution in [0.5, 0.6) is 5.75 Å². The number of benzene rings is 1. The number of carbonyl (C=O) groups excluding carboxylic acids is 1. The molecule has 1 aromatic rings.